The average molecular weight is 428 g/mol. The molecule has 1 saturated heterocycles. The van der Waals surface area contributed by atoms with Crippen molar-refractivity contribution in [2.45, 2.75) is 45.2 Å². The number of hydrogen-bond acceptors (Lipinski definition) is 6. The molecule has 0 aromatic carbocycles. The van der Waals surface area contributed by atoms with Gasteiger partial charge in [-0.1, -0.05) is 6.07 Å². The number of carbonyl (C=O) groups excluding carboxylic acids is 1. The molecule has 4 rings (SSSR count). The first-order valence-corrected chi connectivity index (χ1v) is 11.9. The first kappa shape index (κ1) is 20.9. The molecule has 1 amide bonds. The maximum atomic E-state index is 13.5. The van der Waals surface area contributed by atoms with E-state index in [0.717, 1.165) is 35.7 Å². The Morgan fingerprint density at radius 1 is 1.23 bits per heavy atom. The highest BCUT2D eigenvalue weighted by atomic mass is 32.2. The number of nitrogens with one attached hydrogen (secondary N) is 1. The lowest BCUT2D eigenvalue weighted by molar-refractivity contribution is -0.134. The van der Waals surface area contributed by atoms with Crippen molar-refractivity contribution in [1.82, 2.24) is 19.4 Å². The van der Waals surface area contributed by atoms with E-state index in [0.29, 0.717) is 31.5 Å². The summed E-state index contributed by atoms with van der Waals surface area (Å²) in [5.41, 5.74) is 2.89. The molecular weight excluding hydrogens is 398 g/mol. The number of amides is 1. The second-order valence-corrected chi connectivity index (χ2v) is 9.38. The maximum Gasteiger partial charge on any atom is 0.250 e. The van der Waals surface area contributed by atoms with E-state index in [4.69, 9.17) is 0 Å². The van der Waals surface area contributed by atoms with Crippen molar-refractivity contribution in [2.75, 3.05) is 30.4 Å². The molecule has 3 atom stereocenters. The van der Waals surface area contributed by atoms with Crippen LogP contribution in [0, 0.1) is 19.8 Å². The Morgan fingerprint density at radius 2 is 2.00 bits per heavy atom. The Kier molecular flexibility index (Phi) is 6.13. The van der Waals surface area contributed by atoms with Crippen molar-refractivity contribution in [2.24, 2.45) is 5.92 Å². The zero-order valence-corrected chi connectivity index (χ0v) is 18.6. The fraction of sp³-hybridized carbons (Fsp3) is 0.545. The van der Waals surface area contributed by atoms with Crippen LogP contribution in [-0.4, -0.2) is 56.5 Å². The van der Waals surface area contributed by atoms with Crippen LogP contribution in [-0.2, 0) is 11.3 Å². The quantitative estimate of drug-likeness (QED) is 0.763. The number of aryl methyl sites for hydroxylation is 2. The van der Waals surface area contributed by atoms with Crippen molar-refractivity contribution >= 4 is 23.6 Å². The lowest BCUT2D eigenvalue weighted by Gasteiger charge is -2.43. The molecule has 2 aromatic rings. The van der Waals surface area contributed by atoms with Gasteiger partial charge >= 0.3 is 0 Å². The van der Waals surface area contributed by atoms with Gasteiger partial charge in [0.15, 0.2) is 0 Å². The van der Waals surface area contributed by atoms with Gasteiger partial charge < -0.3 is 14.8 Å². The van der Waals surface area contributed by atoms with E-state index in [1.54, 1.807) is 17.8 Å². The number of thioether (sulfide) groups is 1. The number of fused-ring (bicyclic) bond motifs is 4. The van der Waals surface area contributed by atoms with E-state index >= 15 is 0 Å². The van der Waals surface area contributed by atoms with Gasteiger partial charge in [0.05, 0.1) is 0 Å². The molecule has 2 unspecified atom stereocenters. The number of aromatic nitrogens is 3. The molecule has 30 heavy (non-hydrogen) atoms. The Labute approximate surface area is 181 Å². The summed E-state index contributed by atoms with van der Waals surface area (Å²) >= 11 is 1.73. The number of carbonyl (C=O) groups is 1. The van der Waals surface area contributed by atoms with Crippen LogP contribution in [0.25, 0.3) is 0 Å². The molecule has 0 aliphatic carbocycles. The van der Waals surface area contributed by atoms with Crippen molar-refractivity contribution in [3.63, 3.8) is 0 Å². The summed E-state index contributed by atoms with van der Waals surface area (Å²) in [6, 6.07) is 7.06. The normalized spacial score (nSPS) is 21.1. The van der Waals surface area contributed by atoms with Crippen LogP contribution in [0.3, 0.4) is 0 Å². The monoisotopic (exact) mass is 427 g/mol. The van der Waals surface area contributed by atoms with Gasteiger partial charge in [-0.2, -0.15) is 11.8 Å². The van der Waals surface area contributed by atoms with E-state index < -0.39 is 0 Å². The second-order valence-electron chi connectivity index (χ2n) is 8.39. The lowest BCUT2D eigenvalue weighted by atomic mass is 9.83. The average Bonchev–Trinajstić information content (AvgIpc) is 2.70. The molecule has 2 aliphatic rings. The van der Waals surface area contributed by atoms with Crippen molar-refractivity contribution in [1.29, 1.82) is 0 Å². The second kappa shape index (κ2) is 8.79. The van der Waals surface area contributed by atoms with Crippen LogP contribution >= 0.6 is 11.8 Å². The molecule has 1 fully saturated rings. The molecule has 0 radical (unpaired) electrons. The van der Waals surface area contributed by atoms with E-state index in [9.17, 15) is 9.59 Å². The van der Waals surface area contributed by atoms with Gasteiger partial charge in [-0.05, 0) is 56.7 Å². The fourth-order valence-electron chi connectivity index (χ4n) is 4.74. The minimum absolute atomic E-state index is 0.0634. The first-order chi connectivity index (χ1) is 14.4. The zero-order valence-electron chi connectivity index (χ0n) is 17.8. The van der Waals surface area contributed by atoms with E-state index in [-0.39, 0.29) is 23.4 Å². The first-order valence-electron chi connectivity index (χ1n) is 10.5. The Bertz CT molecular complexity index is 971. The lowest BCUT2D eigenvalue weighted by Crippen LogP contribution is -2.53. The fourth-order valence-corrected chi connectivity index (χ4v) is 5.21. The predicted molar refractivity (Wildman–Crippen MR) is 120 cm³/mol. The number of piperidine rings is 1. The summed E-state index contributed by atoms with van der Waals surface area (Å²) in [5.74, 6) is 2.04. The molecule has 0 spiro atoms. The van der Waals surface area contributed by atoms with E-state index in [1.165, 1.54) is 0 Å². The topological polar surface area (TPSA) is 80.1 Å². The number of anilines is 1. The van der Waals surface area contributed by atoms with Gasteiger partial charge in [-0.3, -0.25) is 9.59 Å². The number of rotatable bonds is 6. The predicted octanol–water partition coefficient (Wildman–Crippen LogP) is 2.43. The van der Waals surface area contributed by atoms with Crippen LogP contribution < -0.4 is 10.9 Å². The summed E-state index contributed by atoms with van der Waals surface area (Å²) in [5, 5.41) is 3.30. The van der Waals surface area contributed by atoms with Gasteiger partial charge in [-0.25, -0.2) is 9.97 Å². The third-order valence-corrected chi connectivity index (χ3v) is 6.63. The molecule has 0 saturated carbocycles. The van der Waals surface area contributed by atoms with Crippen LogP contribution in [0.4, 0.5) is 5.95 Å². The maximum absolute atomic E-state index is 13.5. The molecule has 1 N–H and O–H groups in total. The van der Waals surface area contributed by atoms with Crippen molar-refractivity contribution in [3.05, 3.63) is 51.7 Å². The molecule has 2 bridgehead atoms. The Hall–Kier alpha value is -2.35. The van der Waals surface area contributed by atoms with Gasteiger partial charge in [0.25, 0.3) is 5.56 Å². The zero-order chi connectivity index (χ0) is 21.3. The standard InChI is InChI=1S/C22H29N5O2S/c1-14-9-15(2)24-22(23-14)25-18(7-8-30-3)21(29)26-11-16-10-17(13-26)19-5-4-6-20(28)27(19)12-16/h4-6,9,16-18H,7-8,10-13H2,1-3H3,(H,23,24,25)/t16-,17?,18?/m1/s1. The van der Waals surface area contributed by atoms with Crippen LogP contribution in [0.5, 0.6) is 0 Å². The van der Waals surface area contributed by atoms with Crippen LogP contribution in [0.2, 0.25) is 0 Å². The Morgan fingerprint density at radius 3 is 2.73 bits per heavy atom. The van der Waals surface area contributed by atoms with Crippen molar-refractivity contribution in [3.8, 4) is 0 Å². The van der Waals surface area contributed by atoms with E-state index in [2.05, 4.69) is 21.5 Å². The highest BCUT2D eigenvalue weighted by Crippen LogP contribution is 2.35. The number of hydrogen-bond donors (Lipinski definition) is 1. The van der Waals surface area contributed by atoms with Gasteiger partial charge in [0, 0.05) is 48.7 Å². The van der Waals surface area contributed by atoms with Gasteiger partial charge in [0.1, 0.15) is 6.04 Å². The van der Waals surface area contributed by atoms with Crippen molar-refractivity contribution < 1.29 is 4.79 Å². The highest BCUT2D eigenvalue weighted by Gasteiger charge is 2.38. The smallest absolute Gasteiger partial charge is 0.250 e. The molecular formula is C22H29N5O2S. The van der Waals surface area contributed by atoms with Gasteiger partial charge in [-0.15, -0.1) is 0 Å². The summed E-state index contributed by atoms with van der Waals surface area (Å²) in [6.07, 6.45) is 3.81. The number of pyridine rings is 1. The SMILES string of the molecule is CSCCC(Nc1nc(C)cc(C)n1)C(=O)N1CC2C[C@H](C1)Cn1c2cccc1=O. The van der Waals surface area contributed by atoms with Crippen LogP contribution in [0.1, 0.15) is 35.8 Å². The Balaban J connectivity index is 1.54. The van der Waals surface area contributed by atoms with Crippen LogP contribution in [0.15, 0.2) is 29.1 Å². The minimum atomic E-state index is -0.351. The molecule has 8 heteroatoms. The molecule has 2 aromatic heterocycles. The van der Waals surface area contributed by atoms with E-state index in [1.807, 2.05) is 41.5 Å². The third-order valence-electron chi connectivity index (χ3n) is 5.99. The minimum Gasteiger partial charge on any atom is -0.342 e. The largest absolute Gasteiger partial charge is 0.342 e. The summed E-state index contributed by atoms with van der Waals surface area (Å²) in [7, 11) is 0. The highest BCUT2D eigenvalue weighted by molar-refractivity contribution is 7.98. The summed E-state index contributed by atoms with van der Waals surface area (Å²) in [4.78, 5) is 36.7. The summed E-state index contributed by atoms with van der Waals surface area (Å²) < 4.78 is 1.90. The molecule has 2 aliphatic heterocycles. The summed E-state index contributed by atoms with van der Waals surface area (Å²) in [6.45, 7) is 5.91. The third kappa shape index (κ3) is 4.38. The molecule has 160 valence electrons. The number of nitrogens with zero attached hydrogens (tertiary/aromatic N) is 4. The molecule has 4 heterocycles. The molecule has 7 nitrogen and oxygen atoms in total. The number of likely N-dealkylation sites (tertiary alicyclic amines) is 1. The van der Waals surface area contributed by atoms with Gasteiger partial charge in [0.2, 0.25) is 11.9 Å².